The van der Waals surface area contributed by atoms with Crippen LogP contribution in [0.1, 0.15) is 32.6 Å². The third-order valence-corrected chi connectivity index (χ3v) is 5.05. The van der Waals surface area contributed by atoms with Crippen LogP contribution in [-0.2, 0) is 0 Å². The van der Waals surface area contributed by atoms with Crippen LogP contribution in [0.25, 0.3) is 0 Å². The second-order valence-electron chi connectivity index (χ2n) is 4.89. The van der Waals surface area contributed by atoms with Crippen LogP contribution in [0.4, 0.5) is 5.69 Å². The molecule has 2 rings (SSSR count). The van der Waals surface area contributed by atoms with Crippen molar-refractivity contribution in [2.24, 2.45) is 5.92 Å². The van der Waals surface area contributed by atoms with Gasteiger partial charge in [-0.05, 0) is 88.9 Å². The standard InChI is InChI=1S/C13H17I2NO/c1-8-2-4-9(5-3-8)16-10-6-11(14)13(17)12(15)7-10/h6-9,16-17H,2-5H2,1H3. The molecule has 1 aliphatic rings. The van der Waals surface area contributed by atoms with Gasteiger partial charge in [-0.2, -0.15) is 0 Å². The second kappa shape index (κ2) is 5.95. The maximum Gasteiger partial charge on any atom is 0.142 e. The van der Waals surface area contributed by atoms with Crippen molar-refractivity contribution in [3.8, 4) is 5.75 Å². The summed E-state index contributed by atoms with van der Waals surface area (Å²) in [4.78, 5) is 0. The first-order valence-electron chi connectivity index (χ1n) is 6.01. The molecule has 1 aromatic rings. The Morgan fingerprint density at radius 1 is 1.12 bits per heavy atom. The van der Waals surface area contributed by atoms with Crippen molar-refractivity contribution in [3.63, 3.8) is 0 Å². The Balaban J connectivity index is 2.04. The van der Waals surface area contributed by atoms with Crippen LogP contribution >= 0.6 is 45.2 Å². The van der Waals surface area contributed by atoms with Gasteiger partial charge in [0.25, 0.3) is 0 Å². The summed E-state index contributed by atoms with van der Waals surface area (Å²) in [7, 11) is 0. The average Bonchev–Trinajstić information content (AvgIpc) is 2.29. The third-order valence-electron chi connectivity index (χ3n) is 3.40. The van der Waals surface area contributed by atoms with Crippen molar-refractivity contribution in [2.75, 3.05) is 5.32 Å². The minimum atomic E-state index is 0.397. The molecule has 0 bridgehead atoms. The lowest BCUT2D eigenvalue weighted by Crippen LogP contribution is -2.25. The molecular formula is C13H17I2NO. The molecule has 0 aromatic heterocycles. The summed E-state index contributed by atoms with van der Waals surface area (Å²) in [5.74, 6) is 1.28. The number of rotatable bonds is 2. The molecule has 0 spiro atoms. The third kappa shape index (κ3) is 3.62. The average molecular weight is 457 g/mol. The maximum absolute atomic E-state index is 9.73. The van der Waals surface area contributed by atoms with Crippen molar-refractivity contribution in [2.45, 2.75) is 38.6 Å². The minimum absolute atomic E-state index is 0.397. The van der Waals surface area contributed by atoms with Gasteiger partial charge in [-0.15, -0.1) is 0 Å². The molecule has 1 saturated carbocycles. The molecule has 1 aromatic carbocycles. The quantitative estimate of drug-likeness (QED) is 0.503. The summed E-state index contributed by atoms with van der Waals surface area (Å²) >= 11 is 4.36. The van der Waals surface area contributed by atoms with E-state index in [1.165, 1.54) is 25.7 Å². The van der Waals surface area contributed by atoms with Gasteiger partial charge >= 0.3 is 0 Å². The van der Waals surface area contributed by atoms with E-state index in [9.17, 15) is 5.11 Å². The molecule has 1 fully saturated rings. The van der Waals surface area contributed by atoms with Gasteiger partial charge in [-0.3, -0.25) is 0 Å². The Hall–Kier alpha value is 0.280. The highest BCUT2D eigenvalue weighted by molar-refractivity contribution is 14.1. The Morgan fingerprint density at radius 3 is 2.18 bits per heavy atom. The number of nitrogens with one attached hydrogen (secondary N) is 1. The largest absolute Gasteiger partial charge is 0.506 e. The second-order valence-corrected chi connectivity index (χ2v) is 7.21. The summed E-state index contributed by atoms with van der Waals surface area (Å²) in [6, 6.07) is 4.65. The first-order chi connectivity index (χ1) is 8.06. The molecule has 2 N–H and O–H groups in total. The SMILES string of the molecule is CC1CCC(Nc2cc(I)c(O)c(I)c2)CC1. The molecular weight excluding hydrogens is 440 g/mol. The van der Waals surface area contributed by atoms with E-state index in [0.29, 0.717) is 11.8 Å². The molecule has 0 aliphatic heterocycles. The van der Waals surface area contributed by atoms with Crippen LogP contribution in [-0.4, -0.2) is 11.1 Å². The van der Waals surface area contributed by atoms with E-state index in [-0.39, 0.29) is 0 Å². The Kier molecular flexibility index (Phi) is 4.80. The smallest absolute Gasteiger partial charge is 0.142 e. The molecule has 0 heterocycles. The Bertz CT molecular complexity index is 377. The lowest BCUT2D eigenvalue weighted by atomic mass is 9.87. The van der Waals surface area contributed by atoms with Crippen LogP contribution in [0.5, 0.6) is 5.75 Å². The topological polar surface area (TPSA) is 32.3 Å². The summed E-state index contributed by atoms with van der Waals surface area (Å²) in [5.41, 5.74) is 1.14. The molecule has 2 nitrogen and oxygen atoms in total. The van der Waals surface area contributed by atoms with Crippen molar-refractivity contribution in [1.29, 1.82) is 0 Å². The Morgan fingerprint density at radius 2 is 1.65 bits per heavy atom. The maximum atomic E-state index is 9.73. The van der Waals surface area contributed by atoms with E-state index in [1.54, 1.807) is 0 Å². The molecule has 0 amide bonds. The van der Waals surface area contributed by atoms with Crippen molar-refractivity contribution >= 4 is 50.9 Å². The van der Waals surface area contributed by atoms with Gasteiger partial charge in [0.05, 0.1) is 7.14 Å². The van der Waals surface area contributed by atoms with E-state index >= 15 is 0 Å². The van der Waals surface area contributed by atoms with Crippen molar-refractivity contribution in [1.82, 2.24) is 0 Å². The lowest BCUT2D eigenvalue weighted by molar-refractivity contribution is 0.361. The normalized spacial score (nSPS) is 24.6. The first-order valence-corrected chi connectivity index (χ1v) is 8.16. The predicted molar refractivity (Wildman–Crippen MR) is 88.6 cm³/mol. The zero-order chi connectivity index (χ0) is 12.4. The van der Waals surface area contributed by atoms with Crippen LogP contribution in [0.3, 0.4) is 0 Å². The molecule has 0 unspecified atom stereocenters. The molecule has 17 heavy (non-hydrogen) atoms. The number of halogens is 2. The van der Waals surface area contributed by atoms with Gasteiger partial charge in [-0.25, -0.2) is 0 Å². The number of phenolic OH excluding ortho intramolecular Hbond substituents is 1. The van der Waals surface area contributed by atoms with Crippen LogP contribution in [0, 0.1) is 13.1 Å². The van der Waals surface area contributed by atoms with Gasteiger partial charge in [0.15, 0.2) is 0 Å². The fourth-order valence-corrected chi connectivity index (χ4v) is 4.06. The zero-order valence-electron chi connectivity index (χ0n) is 9.84. The monoisotopic (exact) mass is 457 g/mol. The fourth-order valence-electron chi connectivity index (χ4n) is 2.29. The van der Waals surface area contributed by atoms with Crippen molar-refractivity contribution < 1.29 is 5.11 Å². The zero-order valence-corrected chi connectivity index (χ0v) is 14.2. The number of benzene rings is 1. The molecule has 1 aliphatic carbocycles. The van der Waals surface area contributed by atoms with Crippen LogP contribution in [0.2, 0.25) is 0 Å². The van der Waals surface area contributed by atoms with E-state index in [4.69, 9.17) is 0 Å². The fraction of sp³-hybridized carbons (Fsp3) is 0.538. The number of phenols is 1. The predicted octanol–water partition coefficient (Wildman–Crippen LogP) is 4.59. The van der Waals surface area contributed by atoms with E-state index in [2.05, 4.69) is 57.4 Å². The Labute approximate surface area is 130 Å². The van der Waals surface area contributed by atoms with E-state index in [1.807, 2.05) is 12.1 Å². The molecule has 0 radical (unpaired) electrons. The summed E-state index contributed by atoms with van der Waals surface area (Å²) in [6.45, 7) is 2.34. The summed E-state index contributed by atoms with van der Waals surface area (Å²) in [6.07, 6.45) is 5.16. The molecule has 0 atom stereocenters. The van der Waals surface area contributed by atoms with Crippen LogP contribution < -0.4 is 5.32 Å². The number of anilines is 1. The molecule has 4 heteroatoms. The van der Waals surface area contributed by atoms with Gasteiger partial charge < -0.3 is 10.4 Å². The number of aromatic hydroxyl groups is 1. The molecule has 94 valence electrons. The van der Waals surface area contributed by atoms with Gasteiger partial charge in [-0.1, -0.05) is 6.92 Å². The van der Waals surface area contributed by atoms with Crippen molar-refractivity contribution in [3.05, 3.63) is 19.3 Å². The number of hydrogen-bond donors (Lipinski definition) is 2. The van der Waals surface area contributed by atoms with Gasteiger partial charge in [0, 0.05) is 11.7 Å². The van der Waals surface area contributed by atoms with Gasteiger partial charge in [0.2, 0.25) is 0 Å². The number of hydrogen-bond acceptors (Lipinski definition) is 2. The van der Waals surface area contributed by atoms with E-state index < -0.39 is 0 Å². The minimum Gasteiger partial charge on any atom is -0.506 e. The lowest BCUT2D eigenvalue weighted by Gasteiger charge is -2.28. The summed E-state index contributed by atoms with van der Waals surface area (Å²) in [5, 5.41) is 13.3. The molecule has 0 saturated heterocycles. The highest BCUT2D eigenvalue weighted by Crippen LogP contribution is 2.31. The highest BCUT2D eigenvalue weighted by atomic mass is 127. The summed E-state index contributed by atoms with van der Waals surface area (Å²) < 4.78 is 1.84. The first kappa shape index (κ1) is 13.7. The van der Waals surface area contributed by atoms with Crippen LogP contribution in [0.15, 0.2) is 12.1 Å². The van der Waals surface area contributed by atoms with Gasteiger partial charge in [0.1, 0.15) is 5.75 Å². The highest BCUT2D eigenvalue weighted by Gasteiger charge is 2.18. The van der Waals surface area contributed by atoms with E-state index in [0.717, 1.165) is 18.7 Å².